The van der Waals surface area contributed by atoms with E-state index in [1.54, 1.807) is 7.05 Å². The number of aryl methyl sites for hydroxylation is 1. The lowest BCUT2D eigenvalue weighted by Crippen LogP contribution is -2.01. The molecule has 0 radical (unpaired) electrons. The molecule has 0 aliphatic heterocycles. The van der Waals surface area contributed by atoms with Gasteiger partial charge in [0.25, 0.3) is 0 Å². The Balaban J connectivity index is 2.00. The van der Waals surface area contributed by atoms with Gasteiger partial charge in [0.1, 0.15) is 0 Å². The van der Waals surface area contributed by atoms with Crippen molar-refractivity contribution < 1.29 is 0 Å². The first-order valence-electron chi connectivity index (χ1n) is 5.29. The van der Waals surface area contributed by atoms with Gasteiger partial charge in [0.05, 0.1) is 13.6 Å². The van der Waals surface area contributed by atoms with Crippen LogP contribution >= 0.6 is 0 Å². The molecular formula is C11H12N6. The van der Waals surface area contributed by atoms with Crippen LogP contribution in [-0.4, -0.2) is 24.8 Å². The van der Waals surface area contributed by atoms with Crippen LogP contribution < -0.4 is 5.73 Å². The minimum atomic E-state index is 0.612. The number of benzene rings is 1. The number of aromatic nitrogens is 5. The molecule has 1 aromatic carbocycles. The lowest BCUT2D eigenvalue weighted by atomic mass is 10.2. The summed E-state index contributed by atoms with van der Waals surface area (Å²) >= 11 is 0. The zero-order valence-electron chi connectivity index (χ0n) is 9.41. The van der Waals surface area contributed by atoms with Crippen molar-refractivity contribution >= 4 is 16.6 Å². The van der Waals surface area contributed by atoms with Crippen molar-refractivity contribution in [1.29, 1.82) is 0 Å². The van der Waals surface area contributed by atoms with Crippen molar-refractivity contribution in [3.8, 4) is 0 Å². The molecule has 86 valence electrons. The van der Waals surface area contributed by atoms with Crippen LogP contribution in [0.15, 0.2) is 30.5 Å². The summed E-state index contributed by atoms with van der Waals surface area (Å²) in [4.78, 5) is 1.46. The predicted molar refractivity (Wildman–Crippen MR) is 64.3 cm³/mol. The summed E-state index contributed by atoms with van der Waals surface area (Å²) in [5, 5.41) is 13.1. The molecule has 6 nitrogen and oxygen atoms in total. The van der Waals surface area contributed by atoms with Crippen LogP contribution in [0.2, 0.25) is 0 Å². The Bertz CT molecular complexity index is 665. The molecule has 2 aromatic heterocycles. The van der Waals surface area contributed by atoms with Gasteiger partial charge in [0.15, 0.2) is 5.82 Å². The summed E-state index contributed by atoms with van der Waals surface area (Å²) in [6, 6.07) is 7.88. The smallest absolute Gasteiger partial charge is 0.194 e. The molecular weight excluding hydrogens is 216 g/mol. The fourth-order valence-corrected chi connectivity index (χ4v) is 1.90. The Labute approximate surface area is 97.6 Å². The standard InChI is InChI=1S/C11H12N6/c1-16-14-11(13-15-16)7-17-5-4-8-6-9(12)2-3-10(8)17/h2-6H,7,12H2,1H3. The summed E-state index contributed by atoms with van der Waals surface area (Å²) in [7, 11) is 1.75. The second-order valence-corrected chi connectivity index (χ2v) is 3.96. The highest BCUT2D eigenvalue weighted by atomic mass is 15.6. The van der Waals surface area contributed by atoms with E-state index in [0.717, 1.165) is 16.6 Å². The summed E-state index contributed by atoms with van der Waals surface area (Å²) in [6.45, 7) is 0.612. The molecule has 0 atom stereocenters. The van der Waals surface area contributed by atoms with Crippen LogP contribution in [-0.2, 0) is 13.6 Å². The van der Waals surface area contributed by atoms with E-state index in [1.807, 2.05) is 30.5 Å². The van der Waals surface area contributed by atoms with Gasteiger partial charge in [-0.05, 0) is 29.5 Å². The van der Waals surface area contributed by atoms with E-state index in [4.69, 9.17) is 5.73 Å². The Morgan fingerprint density at radius 1 is 1.29 bits per heavy atom. The Morgan fingerprint density at radius 3 is 2.94 bits per heavy atom. The Kier molecular flexibility index (Phi) is 2.07. The van der Waals surface area contributed by atoms with E-state index in [0.29, 0.717) is 12.4 Å². The lowest BCUT2D eigenvalue weighted by Gasteiger charge is -2.01. The third-order valence-corrected chi connectivity index (χ3v) is 2.66. The number of hydrogen-bond acceptors (Lipinski definition) is 4. The van der Waals surface area contributed by atoms with Crippen LogP contribution in [0, 0.1) is 0 Å². The van der Waals surface area contributed by atoms with Crippen LogP contribution in [0.4, 0.5) is 5.69 Å². The molecule has 6 heteroatoms. The van der Waals surface area contributed by atoms with Gasteiger partial charge in [0.2, 0.25) is 0 Å². The van der Waals surface area contributed by atoms with Crippen molar-refractivity contribution in [3.63, 3.8) is 0 Å². The normalized spacial score (nSPS) is 11.1. The lowest BCUT2D eigenvalue weighted by molar-refractivity contribution is 0.626. The maximum atomic E-state index is 5.74. The third kappa shape index (κ3) is 1.73. The quantitative estimate of drug-likeness (QED) is 0.658. The molecule has 0 aliphatic rings. The molecule has 3 aromatic rings. The van der Waals surface area contributed by atoms with E-state index < -0.39 is 0 Å². The maximum absolute atomic E-state index is 5.74. The first-order valence-corrected chi connectivity index (χ1v) is 5.29. The highest BCUT2D eigenvalue weighted by molar-refractivity contribution is 5.83. The van der Waals surface area contributed by atoms with Crippen molar-refractivity contribution in [3.05, 3.63) is 36.3 Å². The van der Waals surface area contributed by atoms with Crippen LogP contribution in [0.3, 0.4) is 0 Å². The highest BCUT2D eigenvalue weighted by Gasteiger charge is 2.05. The number of fused-ring (bicyclic) bond motifs is 1. The minimum absolute atomic E-state index is 0.612. The summed E-state index contributed by atoms with van der Waals surface area (Å²) in [5.74, 6) is 0.696. The number of anilines is 1. The van der Waals surface area contributed by atoms with Gasteiger partial charge in [-0.3, -0.25) is 0 Å². The first-order chi connectivity index (χ1) is 8.22. The van der Waals surface area contributed by atoms with E-state index >= 15 is 0 Å². The van der Waals surface area contributed by atoms with Gasteiger partial charge in [-0.25, -0.2) is 0 Å². The zero-order chi connectivity index (χ0) is 11.8. The fourth-order valence-electron chi connectivity index (χ4n) is 1.90. The van der Waals surface area contributed by atoms with Crippen molar-refractivity contribution in [1.82, 2.24) is 24.8 Å². The molecule has 0 saturated carbocycles. The largest absolute Gasteiger partial charge is 0.399 e. The minimum Gasteiger partial charge on any atom is -0.399 e. The second-order valence-electron chi connectivity index (χ2n) is 3.96. The molecule has 2 N–H and O–H groups in total. The Hall–Kier alpha value is -2.37. The molecule has 0 bridgehead atoms. The van der Waals surface area contributed by atoms with Gasteiger partial charge in [-0.15, -0.1) is 10.2 Å². The van der Waals surface area contributed by atoms with E-state index in [2.05, 4.69) is 20.0 Å². The van der Waals surface area contributed by atoms with Crippen molar-refractivity contribution in [2.45, 2.75) is 6.54 Å². The van der Waals surface area contributed by atoms with Crippen LogP contribution in [0.5, 0.6) is 0 Å². The molecule has 0 unspecified atom stereocenters. The predicted octanol–water partition coefficient (Wildman–Crippen LogP) is 0.795. The van der Waals surface area contributed by atoms with Gasteiger partial charge >= 0.3 is 0 Å². The monoisotopic (exact) mass is 228 g/mol. The maximum Gasteiger partial charge on any atom is 0.194 e. The van der Waals surface area contributed by atoms with Gasteiger partial charge in [-0.2, -0.15) is 4.80 Å². The Morgan fingerprint density at radius 2 is 2.18 bits per heavy atom. The SMILES string of the molecule is Cn1nnc(Cn2ccc3cc(N)ccc32)n1. The molecule has 0 spiro atoms. The van der Waals surface area contributed by atoms with Gasteiger partial charge < -0.3 is 10.3 Å². The molecule has 0 fully saturated rings. The van der Waals surface area contributed by atoms with E-state index in [-0.39, 0.29) is 0 Å². The molecule has 0 saturated heterocycles. The summed E-state index contributed by atoms with van der Waals surface area (Å²) in [6.07, 6.45) is 2.00. The average molecular weight is 228 g/mol. The number of tetrazole rings is 1. The highest BCUT2D eigenvalue weighted by Crippen LogP contribution is 2.19. The molecule has 0 aliphatic carbocycles. The summed E-state index contributed by atoms with van der Waals surface area (Å²) < 4.78 is 2.08. The summed E-state index contributed by atoms with van der Waals surface area (Å²) in [5.41, 5.74) is 7.63. The number of hydrogen-bond donors (Lipinski definition) is 1. The number of rotatable bonds is 2. The molecule has 2 heterocycles. The van der Waals surface area contributed by atoms with Gasteiger partial charge in [-0.1, -0.05) is 0 Å². The first kappa shape index (κ1) is 9.83. The van der Waals surface area contributed by atoms with Crippen molar-refractivity contribution in [2.75, 3.05) is 5.73 Å². The number of nitrogens with two attached hydrogens (primary N) is 1. The topological polar surface area (TPSA) is 74.5 Å². The van der Waals surface area contributed by atoms with Gasteiger partial charge in [0, 0.05) is 22.8 Å². The zero-order valence-corrected chi connectivity index (χ0v) is 9.41. The fraction of sp³-hybridized carbons (Fsp3) is 0.182. The van der Waals surface area contributed by atoms with Crippen LogP contribution in [0.1, 0.15) is 5.82 Å². The average Bonchev–Trinajstić information content (AvgIpc) is 2.86. The van der Waals surface area contributed by atoms with E-state index in [9.17, 15) is 0 Å². The van der Waals surface area contributed by atoms with Crippen molar-refractivity contribution in [2.24, 2.45) is 7.05 Å². The number of nitrogens with zero attached hydrogens (tertiary/aromatic N) is 5. The number of nitrogen functional groups attached to an aromatic ring is 1. The molecule has 0 amide bonds. The van der Waals surface area contributed by atoms with Crippen LogP contribution in [0.25, 0.3) is 10.9 Å². The molecule has 3 rings (SSSR count). The third-order valence-electron chi connectivity index (χ3n) is 2.66. The second kappa shape index (κ2) is 3.58. The van der Waals surface area contributed by atoms with E-state index in [1.165, 1.54) is 4.80 Å². The molecule has 17 heavy (non-hydrogen) atoms.